The number of benzene rings is 2. The first-order valence-electron chi connectivity index (χ1n) is 10.8. The molecule has 0 bridgehead atoms. The second-order valence-corrected chi connectivity index (χ2v) is 8.23. The molecule has 152 valence electrons. The van der Waals surface area contributed by atoms with Gasteiger partial charge in [0.15, 0.2) is 5.60 Å². The number of carbonyl (C=O) groups excluding carboxylic acids is 2. The Bertz CT molecular complexity index is 879. The van der Waals surface area contributed by atoms with Gasteiger partial charge in [0.2, 0.25) is 0 Å². The summed E-state index contributed by atoms with van der Waals surface area (Å²) in [4.78, 5) is 28.1. The number of nitrogens with zero attached hydrogens (tertiary/aromatic N) is 1. The topological polar surface area (TPSA) is 46.6 Å². The summed E-state index contributed by atoms with van der Waals surface area (Å²) in [5.74, 6) is 0.0237. The van der Waals surface area contributed by atoms with Crippen molar-refractivity contribution in [2.24, 2.45) is 0 Å². The van der Waals surface area contributed by atoms with Crippen LogP contribution in [0.2, 0.25) is 0 Å². The van der Waals surface area contributed by atoms with Gasteiger partial charge in [-0.25, -0.2) is 0 Å². The third-order valence-corrected chi connectivity index (χ3v) is 6.05. The van der Waals surface area contributed by atoms with Crippen molar-refractivity contribution in [3.63, 3.8) is 0 Å². The number of hydrogen-bond acceptors (Lipinski definition) is 3. The maximum atomic E-state index is 13.7. The molecule has 29 heavy (non-hydrogen) atoms. The van der Waals surface area contributed by atoms with Gasteiger partial charge in [0.25, 0.3) is 5.91 Å². The molecule has 0 saturated carbocycles. The molecule has 0 unspecified atom stereocenters. The van der Waals surface area contributed by atoms with Gasteiger partial charge in [0, 0.05) is 18.4 Å². The first-order chi connectivity index (χ1) is 14.1. The summed E-state index contributed by atoms with van der Waals surface area (Å²) < 4.78 is 6.48. The van der Waals surface area contributed by atoms with Crippen LogP contribution >= 0.6 is 0 Å². The molecular formula is C25H29NO3. The van der Waals surface area contributed by atoms with Crippen LogP contribution in [0, 0.1) is 0 Å². The predicted octanol–water partition coefficient (Wildman–Crippen LogP) is 5.15. The van der Waals surface area contributed by atoms with Gasteiger partial charge < -0.3 is 9.64 Å². The van der Waals surface area contributed by atoms with Crippen LogP contribution in [0.25, 0.3) is 0 Å². The highest BCUT2D eigenvalue weighted by molar-refractivity contribution is 6.09. The van der Waals surface area contributed by atoms with Crippen molar-refractivity contribution in [3.05, 3.63) is 65.7 Å². The van der Waals surface area contributed by atoms with Gasteiger partial charge in [-0.15, -0.1) is 0 Å². The van der Waals surface area contributed by atoms with Gasteiger partial charge in [0.05, 0.1) is 18.3 Å². The molecule has 4 heteroatoms. The van der Waals surface area contributed by atoms with Crippen molar-refractivity contribution >= 4 is 17.4 Å². The van der Waals surface area contributed by atoms with Crippen LogP contribution in [0.15, 0.2) is 54.6 Å². The highest BCUT2D eigenvalue weighted by Crippen LogP contribution is 2.48. The lowest BCUT2D eigenvalue weighted by molar-refractivity contribution is -0.171. The lowest BCUT2D eigenvalue weighted by atomic mass is 9.84. The SMILES string of the molecule is CCCCCC[C@@H]1CC(=O)C[C@]2(O1)C(=O)N(Cc1ccccc1)c1ccccc12. The molecule has 0 N–H and O–H groups in total. The third kappa shape index (κ3) is 3.86. The molecule has 2 aliphatic heterocycles. The molecule has 1 saturated heterocycles. The van der Waals surface area contributed by atoms with E-state index in [2.05, 4.69) is 6.92 Å². The van der Waals surface area contributed by atoms with E-state index in [9.17, 15) is 9.59 Å². The number of ketones is 1. The highest BCUT2D eigenvalue weighted by atomic mass is 16.5. The Morgan fingerprint density at radius 2 is 1.76 bits per heavy atom. The first kappa shape index (κ1) is 19.8. The minimum atomic E-state index is -1.16. The number of unbranched alkanes of at least 4 members (excludes halogenated alkanes) is 3. The summed E-state index contributed by atoms with van der Waals surface area (Å²) in [6.45, 7) is 2.67. The van der Waals surface area contributed by atoms with Gasteiger partial charge in [-0.05, 0) is 18.1 Å². The lowest BCUT2D eigenvalue weighted by Gasteiger charge is -2.37. The fourth-order valence-electron chi connectivity index (χ4n) is 4.63. The fourth-order valence-corrected chi connectivity index (χ4v) is 4.63. The Morgan fingerprint density at radius 1 is 1.00 bits per heavy atom. The molecule has 2 heterocycles. The standard InChI is InChI=1S/C25H29NO3/c1-2-3-4-8-13-21-16-20(27)17-25(29-21)22-14-9-10-15-23(22)26(24(25)28)18-19-11-6-5-7-12-19/h5-7,9-12,14-15,21H,2-4,8,13,16-18H2,1H3/t21-,25-/m1/s1. The molecule has 2 atom stereocenters. The summed E-state index contributed by atoms with van der Waals surface area (Å²) >= 11 is 0. The van der Waals surface area contributed by atoms with Gasteiger partial charge in [-0.3, -0.25) is 9.59 Å². The summed E-state index contributed by atoms with van der Waals surface area (Å²) in [6, 6.07) is 17.7. The number of para-hydroxylation sites is 1. The average molecular weight is 392 g/mol. The zero-order valence-electron chi connectivity index (χ0n) is 17.1. The molecule has 1 amide bonds. The Morgan fingerprint density at radius 3 is 2.55 bits per heavy atom. The minimum absolute atomic E-state index is 0.103. The fraction of sp³-hybridized carbons (Fsp3) is 0.440. The van der Waals surface area contributed by atoms with E-state index in [1.807, 2.05) is 54.6 Å². The molecule has 4 rings (SSSR count). The maximum Gasteiger partial charge on any atom is 0.264 e. The molecule has 0 aromatic heterocycles. The van der Waals surface area contributed by atoms with Crippen molar-refractivity contribution < 1.29 is 14.3 Å². The molecule has 2 aliphatic rings. The normalized spacial score (nSPS) is 23.6. The number of carbonyl (C=O) groups is 2. The third-order valence-electron chi connectivity index (χ3n) is 6.05. The van der Waals surface area contributed by atoms with E-state index in [1.165, 1.54) is 12.8 Å². The number of rotatable bonds is 7. The number of ether oxygens (including phenoxy) is 1. The average Bonchev–Trinajstić information content (AvgIpc) is 2.94. The molecule has 1 fully saturated rings. The van der Waals surface area contributed by atoms with Crippen LogP contribution in [-0.2, 0) is 26.5 Å². The van der Waals surface area contributed by atoms with Crippen LogP contribution in [0.1, 0.15) is 63.0 Å². The molecule has 2 aromatic carbocycles. The summed E-state index contributed by atoms with van der Waals surface area (Å²) in [7, 11) is 0. The molecule has 1 spiro atoms. The smallest absolute Gasteiger partial charge is 0.264 e. The van der Waals surface area contributed by atoms with Crippen molar-refractivity contribution in [2.45, 2.75) is 70.1 Å². The molecular weight excluding hydrogens is 362 g/mol. The number of anilines is 1. The highest BCUT2D eigenvalue weighted by Gasteiger charge is 2.56. The molecule has 2 aromatic rings. The van der Waals surface area contributed by atoms with Crippen LogP contribution < -0.4 is 4.90 Å². The zero-order valence-corrected chi connectivity index (χ0v) is 17.1. The Balaban J connectivity index is 1.62. The van der Waals surface area contributed by atoms with Crippen LogP contribution in [0.4, 0.5) is 5.69 Å². The largest absolute Gasteiger partial charge is 0.356 e. The van der Waals surface area contributed by atoms with E-state index in [0.717, 1.165) is 36.1 Å². The Kier molecular flexibility index (Phi) is 5.81. The monoisotopic (exact) mass is 391 g/mol. The number of Topliss-reactive ketones (excluding diaryl/α,β-unsaturated/α-hetero) is 1. The minimum Gasteiger partial charge on any atom is -0.356 e. The van der Waals surface area contributed by atoms with Crippen molar-refractivity contribution in [1.82, 2.24) is 0 Å². The van der Waals surface area contributed by atoms with Gasteiger partial charge >= 0.3 is 0 Å². The second-order valence-electron chi connectivity index (χ2n) is 8.23. The first-order valence-corrected chi connectivity index (χ1v) is 10.8. The van der Waals surface area contributed by atoms with Crippen molar-refractivity contribution in [2.75, 3.05) is 4.90 Å². The van der Waals surface area contributed by atoms with Gasteiger partial charge in [-0.1, -0.05) is 81.1 Å². The summed E-state index contributed by atoms with van der Waals surface area (Å²) in [5.41, 5.74) is 1.61. The predicted molar refractivity (Wildman–Crippen MR) is 114 cm³/mol. The summed E-state index contributed by atoms with van der Waals surface area (Å²) in [5, 5.41) is 0. The van der Waals surface area contributed by atoms with E-state index in [-0.39, 0.29) is 24.2 Å². The second kappa shape index (κ2) is 8.50. The Labute approximate surface area is 172 Å². The Hall–Kier alpha value is -2.46. The summed E-state index contributed by atoms with van der Waals surface area (Å²) in [6.07, 6.45) is 5.76. The van der Waals surface area contributed by atoms with Crippen LogP contribution in [0.3, 0.4) is 0 Å². The van der Waals surface area contributed by atoms with E-state index >= 15 is 0 Å². The molecule has 4 nitrogen and oxygen atoms in total. The molecule has 0 aliphatic carbocycles. The van der Waals surface area contributed by atoms with E-state index < -0.39 is 5.60 Å². The zero-order chi connectivity index (χ0) is 20.3. The van der Waals surface area contributed by atoms with E-state index in [4.69, 9.17) is 4.74 Å². The van der Waals surface area contributed by atoms with Crippen molar-refractivity contribution in [1.29, 1.82) is 0 Å². The number of amides is 1. The van der Waals surface area contributed by atoms with E-state index in [0.29, 0.717) is 13.0 Å². The quantitative estimate of drug-likeness (QED) is 0.614. The van der Waals surface area contributed by atoms with Gasteiger partial charge in [0.1, 0.15) is 5.78 Å². The van der Waals surface area contributed by atoms with E-state index in [1.54, 1.807) is 4.90 Å². The molecule has 0 radical (unpaired) electrons. The lowest BCUT2D eigenvalue weighted by Crippen LogP contribution is -2.49. The van der Waals surface area contributed by atoms with Crippen LogP contribution in [-0.4, -0.2) is 17.8 Å². The maximum absolute atomic E-state index is 13.7. The van der Waals surface area contributed by atoms with Crippen LogP contribution in [0.5, 0.6) is 0 Å². The van der Waals surface area contributed by atoms with Crippen molar-refractivity contribution in [3.8, 4) is 0 Å². The van der Waals surface area contributed by atoms with Gasteiger partial charge in [-0.2, -0.15) is 0 Å². The number of fused-ring (bicyclic) bond motifs is 2. The number of hydrogen-bond donors (Lipinski definition) is 0.